The van der Waals surface area contributed by atoms with Gasteiger partial charge in [0, 0.05) is 19.3 Å². The molecule has 0 unspecified atom stereocenters. The van der Waals surface area contributed by atoms with Crippen LogP contribution >= 0.6 is 0 Å². The van der Waals surface area contributed by atoms with Crippen LogP contribution < -0.4 is 17.0 Å². The molecule has 0 radical (unpaired) electrons. The van der Waals surface area contributed by atoms with Gasteiger partial charge in [-0.15, -0.1) is 0 Å². The van der Waals surface area contributed by atoms with Gasteiger partial charge in [0.15, 0.2) is 0 Å². The summed E-state index contributed by atoms with van der Waals surface area (Å²) in [6.45, 7) is 5.00. The number of nitrogens with zero attached hydrogens (tertiary/aromatic N) is 2. The lowest BCUT2D eigenvalue weighted by molar-refractivity contribution is 0.517. The van der Waals surface area contributed by atoms with Gasteiger partial charge in [0.2, 0.25) is 0 Å². The van der Waals surface area contributed by atoms with E-state index >= 15 is 0 Å². The monoisotopic (exact) mass is 253 g/mol. The maximum atomic E-state index is 12.0. The first kappa shape index (κ1) is 14.5. The van der Waals surface area contributed by atoms with Crippen LogP contribution in [-0.2, 0) is 13.1 Å². The molecule has 0 atom stereocenters. The van der Waals surface area contributed by atoms with Gasteiger partial charge in [0.1, 0.15) is 5.69 Å². The van der Waals surface area contributed by atoms with Crippen molar-refractivity contribution in [3.63, 3.8) is 0 Å². The van der Waals surface area contributed by atoms with E-state index in [2.05, 4.69) is 6.92 Å². The largest absolute Gasteiger partial charge is 0.393 e. The van der Waals surface area contributed by atoms with E-state index in [4.69, 9.17) is 5.73 Å². The molecule has 18 heavy (non-hydrogen) atoms. The van der Waals surface area contributed by atoms with Gasteiger partial charge in [-0.3, -0.25) is 13.9 Å². The molecule has 0 saturated carbocycles. The Morgan fingerprint density at radius 3 is 2.39 bits per heavy atom. The van der Waals surface area contributed by atoms with E-state index in [0.29, 0.717) is 13.1 Å². The fraction of sp³-hybridized carbons (Fsp3) is 0.692. The summed E-state index contributed by atoms with van der Waals surface area (Å²) in [7, 11) is 0. The molecule has 1 heterocycles. The average molecular weight is 253 g/mol. The number of nitrogens with two attached hydrogens (primary N) is 1. The molecular weight excluding hydrogens is 230 g/mol. The normalized spacial score (nSPS) is 10.8. The van der Waals surface area contributed by atoms with E-state index in [1.165, 1.54) is 28.2 Å². The van der Waals surface area contributed by atoms with Crippen LogP contribution in [0.4, 0.5) is 5.69 Å². The third-order valence-electron chi connectivity index (χ3n) is 3.09. The Labute approximate surface area is 107 Å². The summed E-state index contributed by atoms with van der Waals surface area (Å²) in [5.74, 6) is 0. The standard InChI is InChI=1S/C13H23N3O2/c1-3-5-6-7-8-9-16-12(17)11(14)10-15(4-2)13(16)18/h10H,3-9,14H2,1-2H3. The second-order valence-corrected chi connectivity index (χ2v) is 4.52. The summed E-state index contributed by atoms with van der Waals surface area (Å²) in [6.07, 6.45) is 6.85. The molecule has 5 heteroatoms. The first-order valence-corrected chi connectivity index (χ1v) is 6.71. The van der Waals surface area contributed by atoms with Crippen molar-refractivity contribution in [2.75, 3.05) is 5.73 Å². The lowest BCUT2D eigenvalue weighted by Gasteiger charge is -2.09. The Balaban J connectivity index is 2.79. The van der Waals surface area contributed by atoms with Crippen LogP contribution in [0.5, 0.6) is 0 Å². The molecule has 0 amide bonds. The first-order valence-electron chi connectivity index (χ1n) is 6.71. The molecule has 102 valence electrons. The van der Waals surface area contributed by atoms with Crippen LogP contribution in [0.15, 0.2) is 15.8 Å². The van der Waals surface area contributed by atoms with Gasteiger partial charge in [0.25, 0.3) is 5.56 Å². The molecule has 1 aromatic heterocycles. The van der Waals surface area contributed by atoms with Crippen molar-refractivity contribution in [1.29, 1.82) is 0 Å². The van der Waals surface area contributed by atoms with Crippen molar-refractivity contribution < 1.29 is 0 Å². The molecule has 2 N–H and O–H groups in total. The van der Waals surface area contributed by atoms with Crippen molar-refractivity contribution in [2.45, 2.75) is 59.0 Å². The fourth-order valence-electron chi connectivity index (χ4n) is 1.97. The van der Waals surface area contributed by atoms with Crippen molar-refractivity contribution >= 4 is 5.69 Å². The van der Waals surface area contributed by atoms with Crippen LogP contribution in [0.25, 0.3) is 0 Å². The molecule has 0 saturated heterocycles. The topological polar surface area (TPSA) is 70.0 Å². The lowest BCUT2D eigenvalue weighted by atomic mass is 10.1. The highest BCUT2D eigenvalue weighted by molar-refractivity contribution is 5.30. The van der Waals surface area contributed by atoms with Gasteiger partial charge in [-0.1, -0.05) is 32.6 Å². The van der Waals surface area contributed by atoms with Gasteiger partial charge in [-0.25, -0.2) is 4.79 Å². The fourth-order valence-corrected chi connectivity index (χ4v) is 1.97. The zero-order valence-corrected chi connectivity index (χ0v) is 11.3. The highest BCUT2D eigenvalue weighted by Gasteiger charge is 2.07. The molecule has 0 aromatic carbocycles. The highest BCUT2D eigenvalue weighted by Crippen LogP contribution is 2.03. The summed E-state index contributed by atoms with van der Waals surface area (Å²) in [5, 5.41) is 0. The van der Waals surface area contributed by atoms with E-state index in [1.807, 2.05) is 6.92 Å². The van der Waals surface area contributed by atoms with Crippen molar-refractivity contribution in [3.05, 3.63) is 27.0 Å². The molecule has 1 aromatic rings. The second-order valence-electron chi connectivity index (χ2n) is 4.52. The molecular formula is C13H23N3O2. The number of aromatic nitrogens is 2. The maximum absolute atomic E-state index is 12.0. The minimum atomic E-state index is -0.361. The van der Waals surface area contributed by atoms with Gasteiger partial charge in [0.05, 0.1) is 0 Å². The molecule has 0 aliphatic heterocycles. The molecule has 0 aliphatic carbocycles. The van der Waals surface area contributed by atoms with Gasteiger partial charge >= 0.3 is 5.69 Å². The minimum Gasteiger partial charge on any atom is -0.393 e. The van der Waals surface area contributed by atoms with E-state index in [-0.39, 0.29) is 16.9 Å². The smallest absolute Gasteiger partial charge is 0.331 e. The average Bonchev–Trinajstić information content (AvgIpc) is 2.37. The first-order chi connectivity index (χ1) is 8.61. The number of hydrogen-bond donors (Lipinski definition) is 1. The Kier molecular flexibility index (Phi) is 5.68. The predicted octanol–water partition coefficient (Wildman–Crippen LogP) is 1.58. The number of anilines is 1. The molecule has 0 spiro atoms. The zero-order valence-electron chi connectivity index (χ0n) is 11.3. The third kappa shape index (κ3) is 3.48. The minimum absolute atomic E-state index is 0.144. The Hall–Kier alpha value is -1.52. The Morgan fingerprint density at radius 1 is 1.11 bits per heavy atom. The van der Waals surface area contributed by atoms with Crippen molar-refractivity contribution in [1.82, 2.24) is 9.13 Å². The van der Waals surface area contributed by atoms with Gasteiger partial charge in [-0.2, -0.15) is 0 Å². The van der Waals surface area contributed by atoms with E-state index in [1.54, 1.807) is 0 Å². The number of rotatable bonds is 7. The van der Waals surface area contributed by atoms with E-state index < -0.39 is 0 Å². The highest BCUT2D eigenvalue weighted by atomic mass is 16.2. The molecule has 0 fully saturated rings. The number of aryl methyl sites for hydroxylation is 1. The lowest BCUT2D eigenvalue weighted by Crippen LogP contribution is -2.40. The van der Waals surface area contributed by atoms with Gasteiger partial charge in [-0.05, 0) is 13.3 Å². The van der Waals surface area contributed by atoms with Crippen LogP contribution in [0, 0.1) is 0 Å². The SMILES string of the molecule is CCCCCCCn1c(=O)c(N)cn(CC)c1=O. The summed E-state index contributed by atoms with van der Waals surface area (Å²) in [4.78, 5) is 23.8. The Bertz CT molecular complexity index is 488. The summed E-state index contributed by atoms with van der Waals surface area (Å²) >= 11 is 0. The van der Waals surface area contributed by atoms with Crippen LogP contribution in [0.1, 0.15) is 46.0 Å². The molecule has 5 nitrogen and oxygen atoms in total. The Morgan fingerprint density at radius 2 is 1.78 bits per heavy atom. The third-order valence-corrected chi connectivity index (χ3v) is 3.09. The molecule has 0 aliphatic rings. The van der Waals surface area contributed by atoms with E-state index in [9.17, 15) is 9.59 Å². The molecule has 0 bridgehead atoms. The maximum Gasteiger partial charge on any atom is 0.331 e. The van der Waals surface area contributed by atoms with Crippen LogP contribution in [0.2, 0.25) is 0 Å². The summed E-state index contributed by atoms with van der Waals surface area (Å²) in [5.41, 5.74) is 5.15. The number of unbranched alkanes of at least 4 members (excludes halogenated alkanes) is 4. The van der Waals surface area contributed by atoms with Crippen LogP contribution in [-0.4, -0.2) is 9.13 Å². The molecule has 1 rings (SSSR count). The number of hydrogen-bond acceptors (Lipinski definition) is 3. The predicted molar refractivity (Wildman–Crippen MR) is 73.8 cm³/mol. The second kappa shape index (κ2) is 7.03. The summed E-state index contributed by atoms with van der Waals surface area (Å²) < 4.78 is 2.73. The quantitative estimate of drug-likeness (QED) is 0.750. The van der Waals surface area contributed by atoms with Crippen LogP contribution in [0.3, 0.4) is 0 Å². The summed E-state index contributed by atoms with van der Waals surface area (Å²) in [6, 6.07) is 0. The van der Waals surface area contributed by atoms with Gasteiger partial charge < -0.3 is 5.73 Å². The van der Waals surface area contributed by atoms with Crippen molar-refractivity contribution in [3.8, 4) is 0 Å². The van der Waals surface area contributed by atoms with Crippen molar-refractivity contribution in [2.24, 2.45) is 0 Å². The zero-order chi connectivity index (χ0) is 13.5. The number of nitrogen functional groups attached to an aromatic ring is 1. The van der Waals surface area contributed by atoms with E-state index in [0.717, 1.165) is 19.3 Å².